The molecule has 2 rings (SSSR count). The highest BCUT2D eigenvalue weighted by molar-refractivity contribution is 5.74. The first kappa shape index (κ1) is 18.8. The van der Waals surface area contributed by atoms with Gasteiger partial charge in [0.2, 0.25) is 0 Å². The van der Waals surface area contributed by atoms with Crippen molar-refractivity contribution >= 4 is 6.03 Å². The van der Waals surface area contributed by atoms with Crippen LogP contribution in [0.25, 0.3) is 0 Å². The third kappa shape index (κ3) is 6.12. The largest absolute Gasteiger partial charge is 0.496 e. The van der Waals surface area contributed by atoms with Gasteiger partial charge in [-0.25, -0.2) is 4.79 Å². The Kier molecular flexibility index (Phi) is 7.79. The Morgan fingerprint density at radius 2 is 1.76 bits per heavy atom. The van der Waals surface area contributed by atoms with Crippen LogP contribution in [0.1, 0.15) is 11.1 Å². The summed E-state index contributed by atoms with van der Waals surface area (Å²) in [4.78, 5) is 14.3. The molecule has 0 saturated carbocycles. The van der Waals surface area contributed by atoms with Crippen LogP contribution in [0.2, 0.25) is 0 Å². The summed E-state index contributed by atoms with van der Waals surface area (Å²) in [6.45, 7) is 2.17. The molecule has 0 aliphatic carbocycles. The van der Waals surface area contributed by atoms with E-state index in [0.717, 1.165) is 23.3 Å². The van der Waals surface area contributed by atoms with Gasteiger partial charge >= 0.3 is 6.03 Å². The fraction of sp³-hybridized carbons (Fsp3) is 0.350. The van der Waals surface area contributed by atoms with Gasteiger partial charge in [-0.1, -0.05) is 48.5 Å². The number of amides is 2. The summed E-state index contributed by atoms with van der Waals surface area (Å²) >= 11 is 0. The molecule has 0 aromatic heterocycles. The zero-order valence-corrected chi connectivity index (χ0v) is 14.9. The molecular formula is C20H26N2O3. The van der Waals surface area contributed by atoms with Crippen molar-refractivity contribution in [2.75, 3.05) is 33.9 Å². The quantitative estimate of drug-likeness (QED) is 0.762. The fourth-order valence-electron chi connectivity index (χ4n) is 2.58. The summed E-state index contributed by atoms with van der Waals surface area (Å²) in [7, 11) is 3.30. The lowest BCUT2D eigenvalue weighted by Gasteiger charge is -2.23. The average molecular weight is 342 g/mol. The van der Waals surface area contributed by atoms with Crippen LogP contribution in [0.15, 0.2) is 54.6 Å². The molecule has 2 aromatic carbocycles. The summed E-state index contributed by atoms with van der Waals surface area (Å²) in [6, 6.07) is 17.7. The molecule has 0 spiro atoms. The second kappa shape index (κ2) is 10.4. The molecule has 2 aromatic rings. The highest BCUT2D eigenvalue weighted by Gasteiger charge is 2.13. The molecule has 1 N–H and O–H groups in total. The number of urea groups is 1. The summed E-state index contributed by atoms with van der Waals surface area (Å²) < 4.78 is 10.5. The van der Waals surface area contributed by atoms with Gasteiger partial charge in [-0.15, -0.1) is 0 Å². The molecule has 2 amide bonds. The topological polar surface area (TPSA) is 50.8 Å². The molecule has 5 heteroatoms. The summed E-state index contributed by atoms with van der Waals surface area (Å²) in [6.07, 6.45) is 0.721. The van der Waals surface area contributed by atoms with Gasteiger partial charge in [0, 0.05) is 26.7 Å². The summed E-state index contributed by atoms with van der Waals surface area (Å²) in [5, 5.41) is 2.99. The number of nitrogens with one attached hydrogen (secondary N) is 1. The van der Waals surface area contributed by atoms with Crippen LogP contribution in [0.5, 0.6) is 5.75 Å². The molecule has 0 aliphatic heterocycles. The molecule has 0 aliphatic rings. The fourth-order valence-corrected chi connectivity index (χ4v) is 2.58. The Hall–Kier alpha value is -2.53. The predicted molar refractivity (Wildman–Crippen MR) is 98.8 cm³/mol. The lowest BCUT2D eigenvalue weighted by molar-refractivity contribution is 0.146. The molecule has 0 atom stereocenters. The maximum atomic E-state index is 12.5. The molecule has 25 heavy (non-hydrogen) atoms. The maximum absolute atomic E-state index is 12.5. The van der Waals surface area contributed by atoms with Crippen molar-refractivity contribution in [1.82, 2.24) is 10.2 Å². The number of carbonyl (C=O) groups is 1. The Morgan fingerprint density at radius 3 is 2.48 bits per heavy atom. The third-order valence-corrected chi connectivity index (χ3v) is 3.93. The van der Waals surface area contributed by atoms with Gasteiger partial charge in [-0.2, -0.15) is 0 Å². The minimum absolute atomic E-state index is 0.0872. The average Bonchev–Trinajstić information content (AvgIpc) is 2.66. The van der Waals surface area contributed by atoms with Gasteiger partial charge in [-0.05, 0) is 23.6 Å². The minimum atomic E-state index is -0.0872. The number of para-hydroxylation sites is 1. The van der Waals surface area contributed by atoms with Crippen molar-refractivity contribution in [1.29, 1.82) is 0 Å². The zero-order valence-electron chi connectivity index (χ0n) is 14.9. The highest BCUT2D eigenvalue weighted by Crippen LogP contribution is 2.17. The number of methoxy groups -OCH3 is 2. The Labute approximate surface area is 149 Å². The molecule has 0 bridgehead atoms. The van der Waals surface area contributed by atoms with E-state index in [1.165, 1.54) is 0 Å². The van der Waals surface area contributed by atoms with Crippen molar-refractivity contribution in [3.63, 3.8) is 0 Å². The molecule has 0 radical (unpaired) electrons. The Bertz CT molecular complexity index is 646. The molecule has 134 valence electrons. The number of hydrogen-bond donors (Lipinski definition) is 1. The van der Waals surface area contributed by atoms with E-state index >= 15 is 0 Å². The Balaban J connectivity index is 1.90. The van der Waals surface area contributed by atoms with Crippen molar-refractivity contribution in [2.24, 2.45) is 0 Å². The van der Waals surface area contributed by atoms with Gasteiger partial charge in [0.05, 0.1) is 13.7 Å². The van der Waals surface area contributed by atoms with E-state index < -0.39 is 0 Å². The molecule has 0 heterocycles. The van der Waals surface area contributed by atoms with Crippen LogP contribution in [0, 0.1) is 0 Å². The van der Waals surface area contributed by atoms with E-state index in [2.05, 4.69) is 5.32 Å². The van der Waals surface area contributed by atoms with Crippen molar-refractivity contribution in [3.05, 3.63) is 65.7 Å². The monoisotopic (exact) mass is 342 g/mol. The number of rotatable bonds is 9. The summed E-state index contributed by atoms with van der Waals surface area (Å²) in [5.41, 5.74) is 2.18. The molecule has 0 fully saturated rings. The van der Waals surface area contributed by atoms with Gasteiger partial charge in [0.25, 0.3) is 0 Å². The van der Waals surface area contributed by atoms with Crippen LogP contribution in [-0.4, -0.2) is 44.8 Å². The van der Waals surface area contributed by atoms with Crippen LogP contribution in [0.4, 0.5) is 4.79 Å². The van der Waals surface area contributed by atoms with Gasteiger partial charge in [0.1, 0.15) is 5.75 Å². The van der Waals surface area contributed by atoms with E-state index in [-0.39, 0.29) is 6.03 Å². The zero-order chi connectivity index (χ0) is 17.9. The first-order valence-corrected chi connectivity index (χ1v) is 8.42. The lowest BCUT2D eigenvalue weighted by Crippen LogP contribution is -2.42. The van der Waals surface area contributed by atoms with Crippen molar-refractivity contribution in [2.45, 2.75) is 13.0 Å². The van der Waals surface area contributed by atoms with E-state index in [4.69, 9.17) is 9.47 Å². The molecular weight excluding hydrogens is 316 g/mol. The molecule has 0 unspecified atom stereocenters. The second-order valence-corrected chi connectivity index (χ2v) is 5.69. The first-order valence-electron chi connectivity index (χ1n) is 8.42. The van der Waals surface area contributed by atoms with Gasteiger partial charge < -0.3 is 19.7 Å². The van der Waals surface area contributed by atoms with Crippen molar-refractivity contribution in [3.8, 4) is 5.75 Å². The number of carbonyl (C=O) groups excluding carboxylic acids is 1. The maximum Gasteiger partial charge on any atom is 0.317 e. The SMILES string of the molecule is COCCN(Cc1ccccc1)C(=O)NCCc1ccccc1OC. The predicted octanol–water partition coefficient (Wildman–Crippen LogP) is 3.10. The number of nitrogens with zero attached hydrogens (tertiary/aromatic N) is 1. The molecule has 5 nitrogen and oxygen atoms in total. The van der Waals surface area contributed by atoms with Gasteiger partial charge in [-0.3, -0.25) is 0 Å². The van der Waals surface area contributed by atoms with E-state index in [9.17, 15) is 4.79 Å². The number of ether oxygens (including phenoxy) is 2. The van der Waals surface area contributed by atoms with E-state index in [1.807, 2.05) is 54.6 Å². The van der Waals surface area contributed by atoms with Crippen LogP contribution in [-0.2, 0) is 17.7 Å². The van der Waals surface area contributed by atoms with Crippen LogP contribution in [0.3, 0.4) is 0 Å². The van der Waals surface area contributed by atoms with E-state index in [0.29, 0.717) is 26.2 Å². The Morgan fingerprint density at radius 1 is 1.04 bits per heavy atom. The smallest absolute Gasteiger partial charge is 0.317 e. The third-order valence-electron chi connectivity index (χ3n) is 3.93. The number of benzene rings is 2. The van der Waals surface area contributed by atoms with Crippen LogP contribution >= 0.6 is 0 Å². The van der Waals surface area contributed by atoms with Gasteiger partial charge in [0.15, 0.2) is 0 Å². The van der Waals surface area contributed by atoms with Crippen molar-refractivity contribution < 1.29 is 14.3 Å². The van der Waals surface area contributed by atoms with Crippen LogP contribution < -0.4 is 10.1 Å². The summed E-state index contributed by atoms with van der Waals surface area (Å²) in [5.74, 6) is 0.845. The first-order chi connectivity index (χ1) is 12.2. The minimum Gasteiger partial charge on any atom is -0.496 e. The molecule has 0 saturated heterocycles. The highest BCUT2D eigenvalue weighted by atomic mass is 16.5. The standard InChI is InChI=1S/C20H26N2O3/c1-24-15-14-22(16-17-8-4-3-5-9-17)20(23)21-13-12-18-10-6-7-11-19(18)25-2/h3-11H,12-16H2,1-2H3,(H,21,23). The lowest BCUT2D eigenvalue weighted by atomic mass is 10.1. The van der Waals surface area contributed by atoms with E-state index in [1.54, 1.807) is 19.1 Å². The second-order valence-electron chi connectivity index (χ2n) is 5.69. The normalized spacial score (nSPS) is 10.3. The number of hydrogen-bond acceptors (Lipinski definition) is 3.